The van der Waals surface area contributed by atoms with Crippen LogP contribution in [0.4, 0.5) is 0 Å². The van der Waals surface area contributed by atoms with E-state index in [0.717, 1.165) is 12.1 Å². The smallest absolute Gasteiger partial charge is 0.310 e. The van der Waals surface area contributed by atoms with Gasteiger partial charge in [0.05, 0.1) is 23.1 Å². The second kappa shape index (κ2) is 5.47. The number of halogens is 2. The third-order valence-corrected chi connectivity index (χ3v) is 4.12. The van der Waals surface area contributed by atoms with Crippen LogP contribution in [0.2, 0.25) is 10.0 Å². The number of carbonyl (C=O) groups excluding carboxylic acids is 1. The third-order valence-electron chi connectivity index (χ3n) is 3.38. The van der Waals surface area contributed by atoms with Crippen LogP contribution in [0.1, 0.15) is 11.5 Å². The number of hydrogen-bond donors (Lipinski definition) is 0. The van der Waals surface area contributed by atoms with Crippen molar-refractivity contribution in [2.75, 3.05) is 27.2 Å². The lowest BCUT2D eigenvalue weighted by molar-refractivity contribution is -0.145. The Bertz CT molecular complexity index is 464. The first-order valence-electron chi connectivity index (χ1n) is 5.74. The van der Waals surface area contributed by atoms with Crippen molar-refractivity contribution in [1.29, 1.82) is 0 Å². The number of hydrogen-bond acceptors (Lipinski definition) is 3. The van der Waals surface area contributed by atoms with Gasteiger partial charge in [0.15, 0.2) is 0 Å². The van der Waals surface area contributed by atoms with Gasteiger partial charge >= 0.3 is 5.97 Å². The minimum absolute atomic E-state index is 0.109. The molecule has 0 spiro atoms. The molecule has 98 valence electrons. The van der Waals surface area contributed by atoms with E-state index in [1.807, 2.05) is 19.2 Å². The van der Waals surface area contributed by atoms with Crippen molar-refractivity contribution in [1.82, 2.24) is 4.90 Å². The first-order valence-corrected chi connectivity index (χ1v) is 6.50. The summed E-state index contributed by atoms with van der Waals surface area (Å²) in [6.45, 7) is 1.52. The number of likely N-dealkylation sites (N-methyl/N-ethyl adjacent to an activating group) is 1. The first kappa shape index (κ1) is 13.7. The molecule has 0 N–H and O–H groups in total. The fraction of sp³-hybridized carbons (Fsp3) is 0.462. The molecule has 0 radical (unpaired) electrons. The van der Waals surface area contributed by atoms with Crippen molar-refractivity contribution in [3.05, 3.63) is 33.8 Å². The molecule has 5 heteroatoms. The molecule has 2 rings (SSSR count). The maximum atomic E-state index is 11.8. The van der Waals surface area contributed by atoms with Crippen molar-refractivity contribution in [3.8, 4) is 0 Å². The Morgan fingerprint density at radius 1 is 1.33 bits per heavy atom. The lowest BCUT2D eigenvalue weighted by Gasteiger charge is -2.17. The molecule has 2 atom stereocenters. The molecule has 1 fully saturated rings. The van der Waals surface area contributed by atoms with E-state index in [1.165, 1.54) is 7.11 Å². The SMILES string of the molecule is COC(=O)C1CN(C)CC1c1ccc(Cl)c(Cl)c1. The third kappa shape index (κ3) is 2.63. The predicted octanol–water partition coefficient (Wildman–Crippen LogP) is 2.81. The highest BCUT2D eigenvalue weighted by atomic mass is 35.5. The molecule has 0 saturated carbocycles. The summed E-state index contributed by atoms with van der Waals surface area (Å²) in [6, 6.07) is 5.53. The largest absolute Gasteiger partial charge is 0.469 e. The van der Waals surface area contributed by atoms with Gasteiger partial charge in [0.2, 0.25) is 0 Å². The monoisotopic (exact) mass is 287 g/mol. The summed E-state index contributed by atoms with van der Waals surface area (Å²) in [7, 11) is 3.42. The normalized spacial score (nSPS) is 24.2. The number of ether oxygens (including phenoxy) is 1. The molecule has 1 saturated heterocycles. The number of benzene rings is 1. The van der Waals surface area contributed by atoms with Crippen molar-refractivity contribution in [3.63, 3.8) is 0 Å². The fourth-order valence-electron chi connectivity index (χ4n) is 2.47. The molecule has 0 aliphatic carbocycles. The minimum Gasteiger partial charge on any atom is -0.469 e. The van der Waals surface area contributed by atoms with Gasteiger partial charge in [-0.25, -0.2) is 0 Å². The van der Waals surface area contributed by atoms with Crippen LogP contribution in [0, 0.1) is 5.92 Å². The predicted molar refractivity (Wildman–Crippen MR) is 72.2 cm³/mol. The van der Waals surface area contributed by atoms with E-state index in [0.29, 0.717) is 16.6 Å². The van der Waals surface area contributed by atoms with Crippen molar-refractivity contribution < 1.29 is 9.53 Å². The molecule has 18 heavy (non-hydrogen) atoms. The molecule has 1 aromatic rings. The summed E-state index contributed by atoms with van der Waals surface area (Å²) in [6.07, 6.45) is 0. The quantitative estimate of drug-likeness (QED) is 0.784. The van der Waals surface area contributed by atoms with Gasteiger partial charge < -0.3 is 9.64 Å². The Hall–Kier alpha value is -0.770. The molecular formula is C13H15Cl2NO2. The van der Waals surface area contributed by atoms with Gasteiger partial charge in [0.1, 0.15) is 0 Å². The summed E-state index contributed by atoms with van der Waals surface area (Å²) in [5, 5.41) is 1.05. The lowest BCUT2D eigenvalue weighted by Crippen LogP contribution is -2.23. The highest BCUT2D eigenvalue weighted by molar-refractivity contribution is 6.42. The Morgan fingerprint density at radius 3 is 2.67 bits per heavy atom. The number of carbonyl (C=O) groups is 1. The summed E-state index contributed by atoms with van der Waals surface area (Å²) < 4.78 is 4.86. The minimum atomic E-state index is -0.171. The summed E-state index contributed by atoms with van der Waals surface area (Å²) >= 11 is 11.9. The highest BCUT2D eigenvalue weighted by Crippen LogP contribution is 2.35. The zero-order valence-electron chi connectivity index (χ0n) is 10.3. The van der Waals surface area contributed by atoms with Gasteiger partial charge in [-0.2, -0.15) is 0 Å². The van der Waals surface area contributed by atoms with Crippen LogP contribution >= 0.6 is 23.2 Å². The van der Waals surface area contributed by atoms with Gasteiger partial charge in [-0.05, 0) is 24.7 Å². The van der Waals surface area contributed by atoms with E-state index < -0.39 is 0 Å². The van der Waals surface area contributed by atoms with Crippen LogP contribution in [0.15, 0.2) is 18.2 Å². The summed E-state index contributed by atoms with van der Waals surface area (Å²) in [5.74, 6) is -0.204. The van der Waals surface area contributed by atoms with Crippen molar-refractivity contribution in [2.45, 2.75) is 5.92 Å². The van der Waals surface area contributed by atoms with Crippen LogP contribution in [0.5, 0.6) is 0 Å². The topological polar surface area (TPSA) is 29.5 Å². The van der Waals surface area contributed by atoms with Crippen LogP contribution < -0.4 is 0 Å². The number of rotatable bonds is 2. The van der Waals surface area contributed by atoms with Gasteiger partial charge in [0.25, 0.3) is 0 Å². The first-order chi connectivity index (χ1) is 8.52. The van der Waals surface area contributed by atoms with E-state index in [4.69, 9.17) is 27.9 Å². The zero-order valence-corrected chi connectivity index (χ0v) is 11.8. The fourth-order valence-corrected chi connectivity index (χ4v) is 2.78. The van der Waals surface area contributed by atoms with E-state index in [-0.39, 0.29) is 17.8 Å². The van der Waals surface area contributed by atoms with Gasteiger partial charge in [0, 0.05) is 19.0 Å². The molecule has 1 aliphatic heterocycles. The number of methoxy groups -OCH3 is 1. The molecule has 1 aromatic carbocycles. The maximum absolute atomic E-state index is 11.8. The molecule has 0 bridgehead atoms. The van der Waals surface area contributed by atoms with E-state index in [2.05, 4.69) is 4.90 Å². The van der Waals surface area contributed by atoms with Crippen molar-refractivity contribution in [2.24, 2.45) is 5.92 Å². The van der Waals surface area contributed by atoms with Crippen LogP contribution in [0.25, 0.3) is 0 Å². The molecule has 3 nitrogen and oxygen atoms in total. The van der Waals surface area contributed by atoms with Gasteiger partial charge in [-0.1, -0.05) is 29.3 Å². The molecule has 0 amide bonds. The Kier molecular flexibility index (Phi) is 4.15. The molecular weight excluding hydrogens is 273 g/mol. The van der Waals surface area contributed by atoms with Gasteiger partial charge in [-0.15, -0.1) is 0 Å². The lowest BCUT2D eigenvalue weighted by atomic mass is 9.89. The summed E-state index contributed by atoms with van der Waals surface area (Å²) in [4.78, 5) is 13.9. The van der Waals surface area contributed by atoms with Gasteiger partial charge in [-0.3, -0.25) is 4.79 Å². The summed E-state index contributed by atoms with van der Waals surface area (Å²) in [5.41, 5.74) is 1.03. The average molecular weight is 288 g/mol. The average Bonchev–Trinajstić information content (AvgIpc) is 2.74. The Morgan fingerprint density at radius 2 is 2.06 bits per heavy atom. The maximum Gasteiger partial charge on any atom is 0.310 e. The van der Waals surface area contributed by atoms with Crippen LogP contribution in [-0.4, -0.2) is 38.1 Å². The molecule has 2 unspecified atom stereocenters. The number of nitrogens with zero attached hydrogens (tertiary/aromatic N) is 1. The number of esters is 1. The zero-order chi connectivity index (χ0) is 13.3. The van der Waals surface area contributed by atoms with E-state index in [9.17, 15) is 4.79 Å². The van der Waals surface area contributed by atoms with Crippen molar-refractivity contribution >= 4 is 29.2 Å². The van der Waals surface area contributed by atoms with Crippen LogP contribution in [0.3, 0.4) is 0 Å². The van der Waals surface area contributed by atoms with Crippen LogP contribution in [-0.2, 0) is 9.53 Å². The second-order valence-corrected chi connectivity index (χ2v) is 5.45. The highest BCUT2D eigenvalue weighted by Gasteiger charge is 2.37. The molecule has 1 heterocycles. The van der Waals surface area contributed by atoms with E-state index in [1.54, 1.807) is 6.07 Å². The Labute approximate surface area is 117 Å². The molecule has 0 aromatic heterocycles. The standard InChI is InChI=1S/C13H15Cl2NO2/c1-16-6-9(10(7-16)13(17)18-2)8-3-4-11(14)12(15)5-8/h3-5,9-10H,6-7H2,1-2H3. The van der Waals surface area contributed by atoms with E-state index >= 15 is 0 Å². The Balaban J connectivity index is 2.29. The second-order valence-electron chi connectivity index (χ2n) is 4.63. The number of likely N-dealkylation sites (tertiary alicyclic amines) is 1. The molecule has 1 aliphatic rings.